The fourth-order valence-corrected chi connectivity index (χ4v) is 5.70. The summed E-state index contributed by atoms with van der Waals surface area (Å²) in [7, 11) is 0. The lowest BCUT2D eigenvalue weighted by atomic mass is 9.94. The highest BCUT2D eigenvalue weighted by Crippen LogP contribution is 2.36. The predicted molar refractivity (Wildman–Crippen MR) is 149 cm³/mol. The van der Waals surface area contributed by atoms with Crippen molar-refractivity contribution in [3.05, 3.63) is 87.2 Å². The van der Waals surface area contributed by atoms with Crippen LogP contribution in [0.5, 0.6) is 0 Å². The Kier molecular flexibility index (Phi) is 8.32. The van der Waals surface area contributed by atoms with Crippen molar-refractivity contribution in [2.24, 2.45) is 5.92 Å². The zero-order chi connectivity index (χ0) is 26.6. The van der Waals surface area contributed by atoms with Gasteiger partial charge in [0, 0.05) is 48.1 Å². The Morgan fingerprint density at radius 3 is 2.63 bits per heavy atom. The van der Waals surface area contributed by atoms with Crippen LogP contribution in [0.1, 0.15) is 52.0 Å². The second-order valence-corrected chi connectivity index (χ2v) is 10.6. The number of halogens is 3. The van der Waals surface area contributed by atoms with Gasteiger partial charge in [-0.2, -0.15) is 0 Å². The molecular weight excluding hydrogens is 526 g/mol. The van der Waals surface area contributed by atoms with Gasteiger partial charge in [0.15, 0.2) is 0 Å². The molecule has 0 saturated carbocycles. The fourth-order valence-electron chi connectivity index (χ4n) is 5.23. The van der Waals surface area contributed by atoms with E-state index < -0.39 is 11.7 Å². The first-order valence-electron chi connectivity index (χ1n) is 13.0. The summed E-state index contributed by atoms with van der Waals surface area (Å²) in [5.74, 6) is -0.646. The SMILES string of the molecule is O=C(NCCC1CCOCC1)c1ccc(Cl)c(-c2ccc3c(c2)CCCN3C(=O)c2c(F)cccc2Cl)c1. The summed E-state index contributed by atoms with van der Waals surface area (Å²) < 4.78 is 19.9. The number of hydrogen-bond acceptors (Lipinski definition) is 3. The van der Waals surface area contributed by atoms with Crippen molar-refractivity contribution < 1.29 is 18.7 Å². The fraction of sp³-hybridized carbons (Fsp3) is 0.333. The van der Waals surface area contributed by atoms with Gasteiger partial charge < -0.3 is 15.0 Å². The first-order valence-corrected chi connectivity index (χ1v) is 13.7. The van der Waals surface area contributed by atoms with E-state index >= 15 is 0 Å². The van der Waals surface area contributed by atoms with Gasteiger partial charge in [-0.3, -0.25) is 9.59 Å². The van der Waals surface area contributed by atoms with Crippen LogP contribution in [0.2, 0.25) is 10.0 Å². The average Bonchev–Trinajstić information content (AvgIpc) is 2.93. The molecule has 2 heterocycles. The molecule has 2 amide bonds. The van der Waals surface area contributed by atoms with Crippen molar-refractivity contribution in [2.45, 2.75) is 32.1 Å². The lowest BCUT2D eigenvalue weighted by molar-refractivity contribution is 0.0636. The van der Waals surface area contributed by atoms with E-state index in [1.165, 1.54) is 18.2 Å². The Bertz CT molecular complexity index is 1340. The zero-order valence-electron chi connectivity index (χ0n) is 20.9. The highest BCUT2D eigenvalue weighted by Gasteiger charge is 2.27. The molecule has 2 aliphatic heterocycles. The molecule has 0 unspecified atom stereocenters. The molecule has 38 heavy (non-hydrogen) atoms. The number of carbonyl (C=O) groups is 2. The average molecular weight is 555 g/mol. The molecule has 0 spiro atoms. The third-order valence-electron chi connectivity index (χ3n) is 7.34. The Morgan fingerprint density at radius 2 is 1.84 bits per heavy atom. The summed E-state index contributed by atoms with van der Waals surface area (Å²) in [5, 5.41) is 3.65. The Hall–Kier alpha value is -2.93. The summed E-state index contributed by atoms with van der Waals surface area (Å²) in [4.78, 5) is 27.7. The number of fused-ring (bicyclic) bond motifs is 1. The molecule has 1 saturated heterocycles. The minimum atomic E-state index is -0.638. The molecule has 1 N–H and O–H groups in total. The first kappa shape index (κ1) is 26.7. The van der Waals surface area contributed by atoms with Crippen LogP contribution in [-0.2, 0) is 11.2 Å². The topological polar surface area (TPSA) is 58.6 Å². The van der Waals surface area contributed by atoms with Crippen LogP contribution in [-0.4, -0.2) is 38.1 Å². The van der Waals surface area contributed by atoms with E-state index in [-0.39, 0.29) is 16.5 Å². The maximum atomic E-state index is 14.5. The molecule has 0 atom stereocenters. The number of rotatable bonds is 6. The van der Waals surface area contributed by atoms with Crippen LogP contribution in [0.25, 0.3) is 11.1 Å². The van der Waals surface area contributed by atoms with Gasteiger partial charge in [0.1, 0.15) is 5.82 Å². The quantitative estimate of drug-likeness (QED) is 0.359. The monoisotopic (exact) mass is 554 g/mol. The second kappa shape index (κ2) is 11.9. The number of benzene rings is 3. The molecule has 0 radical (unpaired) electrons. The van der Waals surface area contributed by atoms with Crippen LogP contribution < -0.4 is 10.2 Å². The van der Waals surface area contributed by atoms with E-state index in [2.05, 4.69) is 5.32 Å². The van der Waals surface area contributed by atoms with E-state index in [4.69, 9.17) is 27.9 Å². The van der Waals surface area contributed by atoms with E-state index in [0.29, 0.717) is 29.6 Å². The van der Waals surface area contributed by atoms with Gasteiger partial charge in [-0.25, -0.2) is 4.39 Å². The number of ether oxygens (including phenoxy) is 1. The Morgan fingerprint density at radius 1 is 1.03 bits per heavy atom. The number of amides is 2. The number of carbonyl (C=O) groups excluding carboxylic acids is 2. The van der Waals surface area contributed by atoms with Gasteiger partial charge in [0.05, 0.1) is 10.6 Å². The van der Waals surface area contributed by atoms with Gasteiger partial charge in [0.25, 0.3) is 11.8 Å². The number of nitrogens with zero attached hydrogens (tertiary/aromatic N) is 1. The van der Waals surface area contributed by atoms with Crippen molar-refractivity contribution in [3.8, 4) is 11.1 Å². The molecule has 5 nitrogen and oxygen atoms in total. The van der Waals surface area contributed by atoms with E-state index in [1.807, 2.05) is 18.2 Å². The maximum Gasteiger partial charge on any atom is 0.262 e. The molecule has 198 valence electrons. The lowest BCUT2D eigenvalue weighted by Crippen LogP contribution is -2.36. The summed E-state index contributed by atoms with van der Waals surface area (Å²) in [5.41, 5.74) is 3.69. The van der Waals surface area contributed by atoms with Crippen LogP contribution in [0.15, 0.2) is 54.6 Å². The normalized spacial score (nSPS) is 15.7. The molecule has 0 aliphatic carbocycles. The standard InChI is InChI=1S/C30H29Cl2FN2O3/c31-24-8-6-22(29(36)34-13-10-19-11-15-38-16-12-19)18-23(24)20-7-9-27-21(17-20)3-2-14-35(27)30(37)28-25(32)4-1-5-26(28)33/h1,4-9,17-19H,2-3,10-16H2,(H,34,36). The summed E-state index contributed by atoms with van der Waals surface area (Å²) in [6.07, 6.45) is 4.51. The van der Waals surface area contributed by atoms with Gasteiger partial charge in [-0.1, -0.05) is 35.3 Å². The molecule has 1 fully saturated rings. The van der Waals surface area contributed by atoms with Crippen molar-refractivity contribution >= 4 is 40.7 Å². The van der Waals surface area contributed by atoms with Crippen LogP contribution >= 0.6 is 23.2 Å². The highest BCUT2D eigenvalue weighted by atomic mass is 35.5. The summed E-state index contributed by atoms with van der Waals surface area (Å²) in [6, 6.07) is 15.2. The first-order chi connectivity index (χ1) is 18.4. The number of aryl methyl sites for hydroxylation is 1. The Balaban J connectivity index is 1.34. The third kappa shape index (κ3) is 5.73. The van der Waals surface area contributed by atoms with Crippen molar-refractivity contribution in [3.63, 3.8) is 0 Å². The molecule has 8 heteroatoms. The predicted octanol–water partition coefficient (Wildman–Crippen LogP) is 6.94. The largest absolute Gasteiger partial charge is 0.381 e. The summed E-state index contributed by atoms with van der Waals surface area (Å²) >= 11 is 12.7. The maximum absolute atomic E-state index is 14.5. The van der Waals surface area contributed by atoms with Gasteiger partial charge in [0.2, 0.25) is 0 Å². The van der Waals surface area contributed by atoms with E-state index in [0.717, 1.165) is 67.7 Å². The highest BCUT2D eigenvalue weighted by molar-refractivity contribution is 6.34. The van der Waals surface area contributed by atoms with Crippen molar-refractivity contribution in [2.75, 3.05) is 31.2 Å². The molecular formula is C30H29Cl2FN2O3. The Labute approximate surface area is 231 Å². The third-order valence-corrected chi connectivity index (χ3v) is 7.98. The van der Waals surface area contributed by atoms with Crippen molar-refractivity contribution in [1.29, 1.82) is 0 Å². The van der Waals surface area contributed by atoms with Crippen LogP contribution in [0.3, 0.4) is 0 Å². The molecule has 3 aromatic carbocycles. The minimum Gasteiger partial charge on any atom is -0.381 e. The van der Waals surface area contributed by atoms with Gasteiger partial charge in [-0.15, -0.1) is 0 Å². The number of nitrogens with one attached hydrogen (secondary N) is 1. The van der Waals surface area contributed by atoms with Gasteiger partial charge in [-0.05, 0) is 91.6 Å². The lowest BCUT2D eigenvalue weighted by Gasteiger charge is -2.30. The summed E-state index contributed by atoms with van der Waals surface area (Å²) in [6.45, 7) is 2.68. The van der Waals surface area contributed by atoms with Crippen molar-refractivity contribution in [1.82, 2.24) is 5.32 Å². The molecule has 0 bridgehead atoms. The van der Waals surface area contributed by atoms with Crippen LogP contribution in [0, 0.1) is 11.7 Å². The number of anilines is 1. The van der Waals surface area contributed by atoms with Crippen LogP contribution in [0.4, 0.5) is 10.1 Å². The second-order valence-electron chi connectivity index (χ2n) is 9.80. The van der Waals surface area contributed by atoms with Gasteiger partial charge >= 0.3 is 0 Å². The molecule has 0 aromatic heterocycles. The molecule has 3 aromatic rings. The minimum absolute atomic E-state index is 0.0911. The molecule has 2 aliphatic rings. The molecule has 5 rings (SSSR count). The zero-order valence-corrected chi connectivity index (χ0v) is 22.5. The van der Waals surface area contributed by atoms with E-state index in [9.17, 15) is 14.0 Å². The smallest absolute Gasteiger partial charge is 0.262 e. The number of hydrogen-bond donors (Lipinski definition) is 1. The van der Waals surface area contributed by atoms with E-state index in [1.54, 1.807) is 23.1 Å².